The van der Waals surface area contributed by atoms with Crippen molar-refractivity contribution in [3.8, 4) is 11.3 Å². The third-order valence-electron chi connectivity index (χ3n) is 6.64. The van der Waals surface area contributed by atoms with Crippen molar-refractivity contribution in [3.63, 3.8) is 0 Å². The predicted molar refractivity (Wildman–Crippen MR) is 158 cm³/mol. The van der Waals surface area contributed by atoms with Gasteiger partial charge in [0.05, 0.1) is 30.8 Å². The van der Waals surface area contributed by atoms with Gasteiger partial charge in [0.1, 0.15) is 17.8 Å². The summed E-state index contributed by atoms with van der Waals surface area (Å²) >= 11 is 0. The van der Waals surface area contributed by atoms with E-state index in [9.17, 15) is 14.0 Å². The average molecular weight is 551 g/mol. The maximum atomic E-state index is 12.7. The number of halogens is 1. The number of ether oxygens (including phenoxy) is 1. The van der Waals surface area contributed by atoms with E-state index in [1.165, 1.54) is 24.7 Å². The largest absolute Gasteiger partial charge is 0.383 e. The Labute approximate surface area is 234 Å². The van der Waals surface area contributed by atoms with Gasteiger partial charge in [-0.05, 0) is 55.9 Å². The number of aromatic nitrogens is 3. The topological polar surface area (TPSA) is 124 Å². The summed E-state index contributed by atoms with van der Waals surface area (Å²) in [7, 11) is 2.01. The highest BCUT2D eigenvalue weighted by molar-refractivity contribution is 6.05. The molecular weight excluding hydrogens is 511 g/mol. The number of benzene rings is 1. The Kier molecular flexibility index (Phi) is 10.6. The molecule has 4 N–H and O–H groups in total. The maximum absolute atomic E-state index is 12.7. The molecule has 2 aromatic heterocycles. The standard InChI is InChI=1S/C23H25N5O.C5H8FNO2.C2H6/c1-14(2)23(29)27-17-11-9-16(10-12-17)20-18(15-7-5-4-6-8-15)19-21(24)25-13-26-22(19)28(20)3;6-5(1-7-4-8)2-9-3-5;1-2/h7,9-13H,1,4-6,8H2,2-3H3,(H,27,29)(H2,24,25,26);4H,1-3H2,(H,7,8);1-2H3. The van der Waals surface area contributed by atoms with Crippen molar-refractivity contribution in [3.05, 3.63) is 54.4 Å². The number of alkyl halides is 1. The fourth-order valence-electron chi connectivity index (χ4n) is 4.59. The van der Waals surface area contributed by atoms with Crippen LogP contribution in [0, 0.1) is 0 Å². The monoisotopic (exact) mass is 550 g/mol. The average Bonchev–Trinajstić information content (AvgIpc) is 3.26. The summed E-state index contributed by atoms with van der Waals surface area (Å²) in [6.45, 7) is 9.64. The molecule has 3 heterocycles. The number of nitrogens with zero attached hydrogens (tertiary/aromatic N) is 3. The van der Waals surface area contributed by atoms with E-state index in [2.05, 4.69) is 42.6 Å². The number of carbonyl (C=O) groups excluding carboxylic acids is 2. The van der Waals surface area contributed by atoms with E-state index in [1.54, 1.807) is 6.92 Å². The molecule has 1 fully saturated rings. The first-order chi connectivity index (χ1) is 19.2. The van der Waals surface area contributed by atoms with Gasteiger partial charge < -0.3 is 25.7 Å². The molecule has 1 aliphatic carbocycles. The van der Waals surface area contributed by atoms with Crippen molar-refractivity contribution < 1.29 is 18.7 Å². The first-order valence-electron chi connectivity index (χ1n) is 13.5. The molecule has 1 saturated heterocycles. The van der Waals surface area contributed by atoms with Gasteiger partial charge in [-0.25, -0.2) is 14.4 Å². The van der Waals surface area contributed by atoms with Crippen LogP contribution in [0.3, 0.4) is 0 Å². The summed E-state index contributed by atoms with van der Waals surface area (Å²) in [5, 5.41) is 6.02. The van der Waals surface area contributed by atoms with Gasteiger partial charge in [0.25, 0.3) is 5.91 Å². The number of fused-ring (bicyclic) bond motifs is 1. The van der Waals surface area contributed by atoms with E-state index in [0.29, 0.717) is 17.8 Å². The minimum Gasteiger partial charge on any atom is -0.383 e. The van der Waals surface area contributed by atoms with Gasteiger partial charge in [-0.15, -0.1) is 0 Å². The van der Waals surface area contributed by atoms with Gasteiger partial charge in [0, 0.05) is 23.9 Å². The van der Waals surface area contributed by atoms with Crippen LogP contribution in [0.1, 0.15) is 52.0 Å². The zero-order chi connectivity index (χ0) is 29.3. The number of allylic oxidation sites excluding steroid dienone is 2. The second-order valence-electron chi connectivity index (χ2n) is 9.67. The van der Waals surface area contributed by atoms with Crippen LogP contribution in [0.15, 0.2) is 48.8 Å². The number of rotatable bonds is 7. The Hall–Kier alpha value is -4.05. The van der Waals surface area contributed by atoms with Crippen LogP contribution < -0.4 is 16.4 Å². The quantitative estimate of drug-likeness (QED) is 0.275. The lowest BCUT2D eigenvalue weighted by Gasteiger charge is -2.32. The number of nitrogen functional groups attached to an aromatic ring is 1. The Morgan fingerprint density at radius 2 is 1.93 bits per heavy atom. The summed E-state index contributed by atoms with van der Waals surface area (Å²) in [6, 6.07) is 7.83. The van der Waals surface area contributed by atoms with E-state index in [1.807, 2.05) is 45.2 Å². The first kappa shape index (κ1) is 30.5. The second-order valence-corrected chi connectivity index (χ2v) is 9.67. The maximum Gasteiger partial charge on any atom is 0.250 e. The molecule has 40 heavy (non-hydrogen) atoms. The molecule has 1 aromatic carbocycles. The fourth-order valence-corrected chi connectivity index (χ4v) is 4.59. The van der Waals surface area contributed by atoms with E-state index >= 15 is 0 Å². The van der Waals surface area contributed by atoms with Crippen LogP contribution in [0.25, 0.3) is 27.9 Å². The lowest BCUT2D eigenvalue weighted by molar-refractivity contribution is -0.131. The van der Waals surface area contributed by atoms with Crippen molar-refractivity contribution in [2.75, 3.05) is 30.8 Å². The lowest BCUT2D eigenvalue weighted by atomic mass is 9.90. The smallest absolute Gasteiger partial charge is 0.250 e. The summed E-state index contributed by atoms with van der Waals surface area (Å²) in [4.78, 5) is 30.3. The van der Waals surface area contributed by atoms with Gasteiger partial charge in [-0.3, -0.25) is 9.59 Å². The third kappa shape index (κ3) is 6.93. The SMILES string of the molecule is C=C(C)C(=O)Nc1ccc(-c2c(C3=CCCCC3)c3c(N)ncnc3n2C)cc1.CC.O=CNCC1(F)COC1. The molecule has 0 bridgehead atoms. The van der Waals surface area contributed by atoms with Crippen molar-refractivity contribution >= 4 is 40.4 Å². The van der Waals surface area contributed by atoms with Crippen LogP contribution in [0.4, 0.5) is 15.9 Å². The molecule has 214 valence electrons. The zero-order valence-electron chi connectivity index (χ0n) is 23.7. The Balaban J connectivity index is 0.000000339. The van der Waals surface area contributed by atoms with Crippen molar-refractivity contribution in [1.29, 1.82) is 0 Å². The number of carbonyl (C=O) groups is 2. The number of hydrogen-bond acceptors (Lipinski definition) is 6. The highest BCUT2D eigenvalue weighted by Crippen LogP contribution is 2.42. The number of nitrogens with one attached hydrogen (secondary N) is 2. The van der Waals surface area contributed by atoms with Crippen LogP contribution in [0.2, 0.25) is 0 Å². The van der Waals surface area contributed by atoms with Crippen molar-refractivity contribution in [2.45, 2.75) is 52.1 Å². The number of hydrogen-bond donors (Lipinski definition) is 3. The van der Waals surface area contributed by atoms with Crippen molar-refractivity contribution in [2.24, 2.45) is 7.05 Å². The minimum atomic E-state index is -1.29. The Bertz CT molecular complexity index is 1380. The van der Waals surface area contributed by atoms with E-state index in [4.69, 9.17) is 5.73 Å². The van der Waals surface area contributed by atoms with Gasteiger partial charge in [0.2, 0.25) is 6.41 Å². The zero-order valence-corrected chi connectivity index (χ0v) is 23.7. The number of amides is 2. The van der Waals surface area contributed by atoms with E-state index in [0.717, 1.165) is 46.4 Å². The summed E-state index contributed by atoms with van der Waals surface area (Å²) in [5.74, 6) is 0.321. The predicted octanol–water partition coefficient (Wildman–Crippen LogP) is 5.19. The number of aryl methyl sites for hydroxylation is 1. The summed E-state index contributed by atoms with van der Waals surface area (Å²) in [6.07, 6.45) is 8.79. The molecule has 5 rings (SSSR count). The number of anilines is 2. The molecule has 2 amide bonds. The highest BCUT2D eigenvalue weighted by Gasteiger charge is 2.38. The van der Waals surface area contributed by atoms with E-state index in [-0.39, 0.29) is 25.7 Å². The summed E-state index contributed by atoms with van der Waals surface area (Å²) < 4.78 is 19.4. The Morgan fingerprint density at radius 3 is 2.48 bits per heavy atom. The fraction of sp³-hybridized carbons (Fsp3) is 0.400. The molecule has 0 radical (unpaired) electrons. The van der Waals surface area contributed by atoms with Crippen molar-refractivity contribution in [1.82, 2.24) is 19.9 Å². The van der Waals surface area contributed by atoms with E-state index < -0.39 is 5.67 Å². The highest BCUT2D eigenvalue weighted by atomic mass is 19.1. The van der Waals surface area contributed by atoms with Crippen LogP contribution in [-0.2, 0) is 21.4 Å². The molecule has 1 aliphatic heterocycles. The molecule has 0 unspecified atom stereocenters. The normalized spacial score (nSPS) is 15.3. The molecule has 3 aromatic rings. The van der Waals surface area contributed by atoms with Crippen LogP contribution >= 0.6 is 0 Å². The third-order valence-corrected chi connectivity index (χ3v) is 6.64. The second kappa shape index (κ2) is 13.8. The van der Waals surface area contributed by atoms with Crippen LogP contribution in [0.5, 0.6) is 0 Å². The summed E-state index contributed by atoms with van der Waals surface area (Å²) in [5.41, 5.74) is 11.6. The van der Waals surface area contributed by atoms with Gasteiger partial charge >= 0.3 is 0 Å². The van der Waals surface area contributed by atoms with Gasteiger partial charge in [0.15, 0.2) is 5.67 Å². The molecule has 9 nitrogen and oxygen atoms in total. The lowest BCUT2D eigenvalue weighted by Crippen LogP contribution is -2.52. The number of nitrogens with two attached hydrogens (primary N) is 1. The molecule has 2 aliphatic rings. The van der Waals surface area contributed by atoms with Gasteiger partial charge in [-0.2, -0.15) is 0 Å². The Morgan fingerprint density at radius 1 is 1.23 bits per heavy atom. The molecule has 0 saturated carbocycles. The first-order valence-corrected chi connectivity index (χ1v) is 13.5. The minimum absolute atomic E-state index is 0.0660. The molecule has 0 atom stereocenters. The molecule has 0 spiro atoms. The molecular formula is C30H39FN6O3. The molecule has 10 heteroatoms. The van der Waals surface area contributed by atoms with Gasteiger partial charge in [-0.1, -0.05) is 38.6 Å². The van der Waals surface area contributed by atoms with Crippen LogP contribution in [-0.4, -0.2) is 52.3 Å².